The molecule has 4 heteroatoms. The van der Waals surface area contributed by atoms with Gasteiger partial charge >= 0.3 is 0 Å². The van der Waals surface area contributed by atoms with Gasteiger partial charge in [-0.15, -0.1) is 0 Å². The van der Waals surface area contributed by atoms with Crippen molar-refractivity contribution in [3.63, 3.8) is 0 Å². The molecular formula is C9H18N2O2. The Balaban J connectivity index is 2.28. The van der Waals surface area contributed by atoms with Gasteiger partial charge in [-0.1, -0.05) is 0 Å². The van der Waals surface area contributed by atoms with Crippen LogP contribution in [0.4, 0.5) is 0 Å². The molecule has 0 unspecified atom stereocenters. The highest BCUT2D eigenvalue weighted by Gasteiger charge is 2.22. The van der Waals surface area contributed by atoms with Crippen LogP contribution in [0.5, 0.6) is 0 Å². The molecule has 1 aliphatic rings. The van der Waals surface area contributed by atoms with Gasteiger partial charge in [0, 0.05) is 26.7 Å². The van der Waals surface area contributed by atoms with E-state index < -0.39 is 0 Å². The second-order valence-electron chi connectivity index (χ2n) is 3.59. The molecule has 1 heterocycles. The van der Waals surface area contributed by atoms with Crippen molar-refractivity contribution in [2.45, 2.75) is 19.4 Å². The van der Waals surface area contributed by atoms with Crippen LogP contribution in [0.1, 0.15) is 13.3 Å². The van der Waals surface area contributed by atoms with Crippen LogP contribution in [-0.2, 0) is 4.79 Å². The highest BCUT2D eigenvalue weighted by molar-refractivity contribution is 5.77. The van der Waals surface area contributed by atoms with Crippen LogP contribution in [0.2, 0.25) is 0 Å². The van der Waals surface area contributed by atoms with E-state index in [4.69, 9.17) is 0 Å². The molecule has 1 amide bonds. The normalized spacial score (nSPS) is 23.5. The van der Waals surface area contributed by atoms with E-state index in [0.29, 0.717) is 13.1 Å². The molecule has 0 aromatic carbocycles. The van der Waals surface area contributed by atoms with Gasteiger partial charge in [-0.2, -0.15) is 0 Å². The van der Waals surface area contributed by atoms with Crippen molar-refractivity contribution in [3.05, 3.63) is 0 Å². The molecule has 1 rings (SSSR count). The molecule has 1 aliphatic heterocycles. The first-order valence-electron chi connectivity index (χ1n) is 4.78. The molecule has 76 valence electrons. The van der Waals surface area contributed by atoms with Crippen LogP contribution in [-0.4, -0.2) is 60.1 Å². The van der Waals surface area contributed by atoms with E-state index in [2.05, 4.69) is 0 Å². The predicted octanol–water partition coefficient (Wildman–Crippen LogP) is -0.469. The molecule has 0 aromatic heterocycles. The SMILES string of the molecule is CCN(C)C(=O)CN1CC[C@@H](O)C1. The number of likely N-dealkylation sites (tertiary alicyclic amines) is 1. The van der Waals surface area contributed by atoms with Crippen LogP contribution in [0.3, 0.4) is 0 Å². The van der Waals surface area contributed by atoms with E-state index in [9.17, 15) is 9.90 Å². The van der Waals surface area contributed by atoms with Gasteiger partial charge < -0.3 is 10.0 Å². The Kier molecular flexibility index (Phi) is 3.69. The van der Waals surface area contributed by atoms with Crippen molar-refractivity contribution >= 4 is 5.91 Å². The van der Waals surface area contributed by atoms with E-state index in [1.54, 1.807) is 11.9 Å². The number of β-amino-alcohol motifs (C(OH)–C–C–N with tert-alkyl or cyclic N) is 1. The monoisotopic (exact) mass is 186 g/mol. The minimum atomic E-state index is -0.236. The summed E-state index contributed by atoms with van der Waals surface area (Å²) in [5.74, 6) is 0.136. The number of amides is 1. The maximum atomic E-state index is 11.4. The third-order valence-electron chi connectivity index (χ3n) is 2.51. The maximum Gasteiger partial charge on any atom is 0.236 e. The fourth-order valence-electron chi connectivity index (χ4n) is 1.44. The van der Waals surface area contributed by atoms with E-state index in [1.807, 2.05) is 11.8 Å². The average molecular weight is 186 g/mol. The number of aliphatic hydroxyl groups excluding tert-OH is 1. The Morgan fingerprint density at radius 2 is 2.38 bits per heavy atom. The average Bonchev–Trinajstić information content (AvgIpc) is 2.49. The lowest BCUT2D eigenvalue weighted by atomic mass is 10.3. The number of carbonyl (C=O) groups excluding carboxylic acids is 1. The molecule has 1 N–H and O–H groups in total. The highest BCUT2D eigenvalue weighted by Crippen LogP contribution is 2.08. The maximum absolute atomic E-state index is 11.4. The third-order valence-corrected chi connectivity index (χ3v) is 2.51. The van der Waals surface area contributed by atoms with Crippen molar-refractivity contribution in [2.24, 2.45) is 0 Å². The molecule has 0 spiro atoms. The summed E-state index contributed by atoms with van der Waals surface area (Å²) < 4.78 is 0. The smallest absolute Gasteiger partial charge is 0.236 e. The van der Waals surface area contributed by atoms with Crippen molar-refractivity contribution in [1.82, 2.24) is 9.80 Å². The van der Waals surface area contributed by atoms with Gasteiger partial charge in [0.05, 0.1) is 12.6 Å². The van der Waals surface area contributed by atoms with Crippen LogP contribution < -0.4 is 0 Å². The lowest BCUT2D eigenvalue weighted by Gasteiger charge is -2.19. The van der Waals surface area contributed by atoms with Gasteiger partial charge in [-0.25, -0.2) is 0 Å². The molecule has 0 saturated carbocycles. The molecular weight excluding hydrogens is 168 g/mol. The second-order valence-corrected chi connectivity index (χ2v) is 3.59. The lowest BCUT2D eigenvalue weighted by Crippen LogP contribution is -2.37. The van der Waals surface area contributed by atoms with Gasteiger partial charge in [0.25, 0.3) is 0 Å². The Bertz CT molecular complexity index is 184. The summed E-state index contributed by atoms with van der Waals surface area (Å²) >= 11 is 0. The molecule has 0 aliphatic carbocycles. The molecule has 0 aromatic rings. The predicted molar refractivity (Wildman–Crippen MR) is 50.4 cm³/mol. The first kappa shape index (κ1) is 10.5. The van der Waals surface area contributed by atoms with Crippen molar-refractivity contribution in [1.29, 1.82) is 0 Å². The van der Waals surface area contributed by atoms with Crippen LogP contribution in [0, 0.1) is 0 Å². The van der Waals surface area contributed by atoms with E-state index in [0.717, 1.165) is 19.5 Å². The number of hydrogen-bond donors (Lipinski definition) is 1. The van der Waals surface area contributed by atoms with Gasteiger partial charge in [0.2, 0.25) is 5.91 Å². The molecule has 4 nitrogen and oxygen atoms in total. The molecule has 0 radical (unpaired) electrons. The Morgan fingerprint density at radius 3 is 2.85 bits per heavy atom. The Morgan fingerprint density at radius 1 is 1.69 bits per heavy atom. The fourth-order valence-corrected chi connectivity index (χ4v) is 1.44. The zero-order valence-electron chi connectivity index (χ0n) is 8.36. The molecule has 1 atom stereocenters. The van der Waals surface area contributed by atoms with Gasteiger partial charge in [0.1, 0.15) is 0 Å². The number of aliphatic hydroxyl groups is 1. The number of hydrogen-bond acceptors (Lipinski definition) is 3. The first-order valence-corrected chi connectivity index (χ1v) is 4.78. The molecule has 0 bridgehead atoms. The van der Waals surface area contributed by atoms with Crippen LogP contribution in [0.15, 0.2) is 0 Å². The van der Waals surface area contributed by atoms with Gasteiger partial charge in [0.15, 0.2) is 0 Å². The van der Waals surface area contributed by atoms with Crippen molar-refractivity contribution < 1.29 is 9.90 Å². The first-order chi connectivity index (χ1) is 6.13. The number of nitrogens with zero attached hydrogens (tertiary/aromatic N) is 2. The zero-order chi connectivity index (χ0) is 9.84. The van der Waals surface area contributed by atoms with Gasteiger partial charge in [-0.05, 0) is 13.3 Å². The standard InChI is InChI=1S/C9H18N2O2/c1-3-10(2)9(13)7-11-5-4-8(12)6-11/h8,12H,3-7H2,1-2H3/t8-/m1/s1. The number of likely N-dealkylation sites (N-methyl/N-ethyl adjacent to an activating group) is 1. The quantitative estimate of drug-likeness (QED) is 0.648. The topological polar surface area (TPSA) is 43.8 Å². The number of rotatable bonds is 3. The largest absolute Gasteiger partial charge is 0.392 e. The minimum Gasteiger partial charge on any atom is -0.392 e. The van der Waals surface area contributed by atoms with Crippen molar-refractivity contribution in [3.8, 4) is 0 Å². The number of carbonyl (C=O) groups is 1. The molecule has 1 fully saturated rings. The third kappa shape index (κ3) is 2.97. The lowest BCUT2D eigenvalue weighted by molar-refractivity contribution is -0.130. The Labute approximate surface area is 79.1 Å². The summed E-state index contributed by atoms with van der Waals surface area (Å²) in [5.41, 5.74) is 0. The molecule has 13 heavy (non-hydrogen) atoms. The van der Waals surface area contributed by atoms with E-state index in [1.165, 1.54) is 0 Å². The summed E-state index contributed by atoms with van der Waals surface area (Å²) in [6.45, 7) is 4.63. The summed E-state index contributed by atoms with van der Waals surface area (Å²) in [7, 11) is 1.80. The molecule has 1 saturated heterocycles. The summed E-state index contributed by atoms with van der Waals surface area (Å²) in [6, 6.07) is 0. The minimum absolute atomic E-state index is 0.136. The van der Waals surface area contributed by atoms with Crippen LogP contribution >= 0.6 is 0 Å². The summed E-state index contributed by atoms with van der Waals surface area (Å²) in [5, 5.41) is 9.24. The van der Waals surface area contributed by atoms with E-state index in [-0.39, 0.29) is 12.0 Å². The van der Waals surface area contributed by atoms with Crippen molar-refractivity contribution in [2.75, 3.05) is 33.2 Å². The summed E-state index contributed by atoms with van der Waals surface area (Å²) in [4.78, 5) is 15.1. The van der Waals surface area contributed by atoms with Gasteiger partial charge in [-0.3, -0.25) is 9.69 Å². The second kappa shape index (κ2) is 4.58. The van der Waals surface area contributed by atoms with E-state index >= 15 is 0 Å². The Hall–Kier alpha value is -0.610. The zero-order valence-corrected chi connectivity index (χ0v) is 8.36. The fraction of sp³-hybridized carbons (Fsp3) is 0.889. The van der Waals surface area contributed by atoms with Crippen LogP contribution in [0.25, 0.3) is 0 Å². The summed E-state index contributed by atoms with van der Waals surface area (Å²) in [6.07, 6.45) is 0.558. The highest BCUT2D eigenvalue weighted by atomic mass is 16.3.